The van der Waals surface area contributed by atoms with Crippen LogP contribution in [-0.2, 0) is 14.3 Å². The molecule has 0 aromatic heterocycles. The zero-order chi connectivity index (χ0) is 11.4. The van der Waals surface area contributed by atoms with Crippen LogP contribution in [0.5, 0.6) is 0 Å². The summed E-state index contributed by atoms with van der Waals surface area (Å²) in [5.74, 6) is -2.50. The summed E-state index contributed by atoms with van der Waals surface area (Å²) in [6.45, 7) is 5.78. The maximum Gasteiger partial charge on any atom is 0.309 e. The summed E-state index contributed by atoms with van der Waals surface area (Å²) in [4.78, 5) is 22.5. The van der Waals surface area contributed by atoms with Gasteiger partial charge in [-0.25, -0.2) is 0 Å². The monoisotopic (exact) mass is 212 g/mol. The minimum Gasteiger partial charge on any atom is -0.481 e. The molecule has 0 bridgehead atoms. The first kappa shape index (κ1) is 11.8. The van der Waals surface area contributed by atoms with E-state index >= 15 is 0 Å². The van der Waals surface area contributed by atoms with Crippen LogP contribution >= 0.6 is 0 Å². The Kier molecular flexibility index (Phi) is 3.88. The van der Waals surface area contributed by atoms with E-state index in [2.05, 4.69) is 6.58 Å². The molecule has 15 heavy (non-hydrogen) atoms. The van der Waals surface area contributed by atoms with Crippen molar-refractivity contribution in [2.45, 2.75) is 26.2 Å². The predicted octanol–water partition coefficient (Wildman–Crippen LogP) is 1.61. The van der Waals surface area contributed by atoms with Gasteiger partial charge in [-0.2, -0.15) is 0 Å². The first-order chi connectivity index (χ1) is 7.06. The quantitative estimate of drug-likeness (QED) is 0.570. The van der Waals surface area contributed by atoms with Gasteiger partial charge < -0.3 is 9.84 Å². The third-order valence-corrected chi connectivity index (χ3v) is 2.71. The smallest absolute Gasteiger partial charge is 0.309 e. The van der Waals surface area contributed by atoms with Gasteiger partial charge in [-0.1, -0.05) is 12.2 Å². The average Bonchev–Trinajstić information content (AvgIpc) is 2.17. The molecule has 0 aromatic rings. The molecule has 84 valence electrons. The summed E-state index contributed by atoms with van der Waals surface area (Å²) >= 11 is 0. The van der Waals surface area contributed by atoms with Crippen LogP contribution in [0.1, 0.15) is 26.2 Å². The molecule has 0 radical (unpaired) electrons. The van der Waals surface area contributed by atoms with Crippen LogP contribution in [0.4, 0.5) is 0 Å². The van der Waals surface area contributed by atoms with Crippen LogP contribution in [-0.4, -0.2) is 23.7 Å². The minimum atomic E-state index is -0.936. The second kappa shape index (κ2) is 4.96. The molecule has 1 aliphatic carbocycles. The number of hydrogen-bond acceptors (Lipinski definition) is 3. The van der Waals surface area contributed by atoms with Crippen molar-refractivity contribution in [3.05, 3.63) is 12.2 Å². The van der Waals surface area contributed by atoms with Gasteiger partial charge in [0.05, 0.1) is 18.4 Å². The van der Waals surface area contributed by atoms with E-state index in [0.29, 0.717) is 25.9 Å². The first-order valence-corrected chi connectivity index (χ1v) is 5.12. The van der Waals surface area contributed by atoms with Crippen molar-refractivity contribution in [2.75, 3.05) is 6.61 Å². The molecule has 1 N–H and O–H groups in total. The Hall–Kier alpha value is -1.32. The van der Waals surface area contributed by atoms with Crippen LogP contribution in [0.2, 0.25) is 0 Å². The lowest BCUT2D eigenvalue weighted by atomic mass is 9.77. The van der Waals surface area contributed by atoms with Crippen molar-refractivity contribution in [3.8, 4) is 0 Å². The number of carbonyl (C=O) groups excluding carboxylic acids is 1. The van der Waals surface area contributed by atoms with Crippen molar-refractivity contribution in [2.24, 2.45) is 11.8 Å². The van der Waals surface area contributed by atoms with Crippen LogP contribution in [0.15, 0.2) is 12.2 Å². The number of aliphatic carboxylic acids is 1. The van der Waals surface area contributed by atoms with E-state index in [-0.39, 0.29) is 0 Å². The highest BCUT2D eigenvalue weighted by Gasteiger charge is 2.37. The van der Waals surface area contributed by atoms with E-state index in [4.69, 9.17) is 9.84 Å². The van der Waals surface area contributed by atoms with Crippen LogP contribution in [0, 0.1) is 11.8 Å². The highest BCUT2D eigenvalue weighted by Crippen LogP contribution is 2.33. The number of hydrogen-bond donors (Lipinski definition) is 1. The molecular formula is C11H16O4. The van der Waals surface area contributed by atoms with Crippen molar-refractivity contribution in [3.63, 3.8) is 0 Å². The molecule has 4 nitrogen and oxygen atoms in total. The minimum absolute atomic E-state index is 0.294. The number of carbonyl (C=O) groups is 2. The molecule has 0 spiro atoms. The number of carboxylic acids is 1. The standard InChI is InChI=1S/C11H16O4/c1-3-15-11(14)8-5-4-7(2)6-9(8)10(12)13/h8-9H,2-6H2,1H3,(H,12,13)/t8-,9-/m0/s1. The van der Waals surface area contributed by atoms with E-state index in [1.807, 2.05) is 0 Å². The van der Waals surface area contributed by atoms with E-state index in [9.17, 15) is 9.59 Å². The van der Waals surface area contributed by atoms with E-state index in [1.165, 1.54) is 0 Å². The first-order valence-electron chi connectivity index (χ1n) is 5.12. The number of esters is 1. The van der Waals surface area contributed by atoms with Gasteiger partial charge in [-0.15, -0.1) is 0 Å². The Bertz CT molecular complexity index is 282. The lowest BCUT2D eigenvalue weighted by Crippen LogP contribution is -2.34. The number of allylic oxidation sites excluding steroid dienone is 1. The fraction of sp³-hybridized carbons (Fsp3) is 0.636. The molecule has 0 unspecified atom stereocenters. The fourth-order valence-corrected chi connectivity index (χ4v) is 1.91. The summed E-state index contributed by atoms with van der Waals surface area (Å²) in [5, 5.41) is 8.99. The molecule has 0 heterocycles. The normalized spacial score (nSPS) is 26.1. The van der Waals surface area contributed by atoms with Gasteiger partial charge in [0.1, 0.15) is 0 Å². The molecule has 1 aliphatic rings. The highest BCUT2D eigenvalue weighted by molar-refractivity contribution is 5.81. The predicted molar refractivity (Wildman–Crippen MR) is 54.2 cm³/mol. The molecule has 0 aliphatic heterocycles. The molecule has 1 rings (SSSR count). The lowest BCUT2D eigenvalue weighted by molar-refractivity contribution is -0.158. The largest absolute Gasteiger partial charge is 0.481 e. The molecule has 2 atom stereocenters. The fourth-order valence-electron chi connectivity index (χ4n) is 1.91. The summed E-state index contributed by atoms with van der Waals surface area (Å²) in [6.07, 6.45) is 1.64. The molecule has 1 fully saturated rings. The Morgan fingerprint density at radius 2 is 2.20 bits per heavy atom. The molecule has 0 amide bonds. The second-order valence-corrected chi connectivity index (χ2v) is 3.80. The molecular weight excluding hydrogens is 196 g/mol. The zero-order valence-corrected chi connectivity index (χ0v) is 8.86. The second-order valence-electron chi connectivity index (χ2n) is 3.80. The Labute approximate surface area is 88.9 Å². The molecule has 0 saturated heterocycles. The third-order valence-electron chi connectivity index (χ3n) is 2.71. The van der Waals surface area contributed by atoms with Crippen molar-refractivity contribution >= 4 is 11.9 Å². The van der Waals surface area contributed by atoms with E-state index in [0.717, 1.165) is 5.57 Å². The van der Waals surface area contributed by atoms with Crippen LogP contribution < -0.4 is 0 Å². The van der Waals surface area contributed by atoms with E-state index < -0.39 is 23.8 Å². The maximum atomic E-state index is 11.5. The maximum absolute atomic E-state index is 11.5. The Morgan fingerprint density at radius 3 is 2.73 bits per heavy atom. The SMILES string of the molecule is C=C1CC[C@H](C(=O)OCC)[C@@H](C(=O)O)C1. The summed E-state index contributed by atoms with van der Waals surface area (Å²) in [7, 11) is 0. The van der Waals surface area contributed by atoms with Gasteiger partial charge in [0.15, 0.2) is 0 Å². The van der Waals surface area contributed by atoms with Gasteiger partial charge in [-0.05, 0) is 26.2 Å². The van der Waals surface area contributed by atoms with Crippen molar-refractivity contribution in [1.82, 2.24) is 0 Å². The number of ether oxygens (including phenoxy) is 1. The lowest BCUT2D eigenvalue weighted by Gasteiger charge is -2.27. The average molecular weight is 212 g/mol. The van der Waals surface area contributed by atoms with E-state index in [1.54, 1.807) is 6.92 Å². The zero-order valence-electron chi connectivity index (χ0n) is 8.86. The summed E-state index contributed by atoms with van der Waals surface area (Å²) in [6, 6.07) is 0. The number of carboxylic acid groups (broad SMARTS) is 1. The van der Waals surface area contributed by atoms with Crippen LogP contribution in [0.3, 0.4) is 0 Å². The third kappa shape index (κ3) is 2.81. The summed E-state index contributed by atoms with van der Waals surface area (Å²) in [5.41, 5.74) is 0.906. The van der Waals surface area contributed by atoms with Gasteiger partial charge in [0.2, 0.25) is 0 Å². The molecule has 0 aromatic carbocycles. The summed E-state index contributed by atoms with van der Waals surface area (Å²) < 4.78 is 4.87. The van der Waals surface area contributed by atoms with Gasteiger partial charge in [0, 0.05) is 0 Å². The molecule has 4 heteroatoms. The van der Waals surface area contributed by atoms with Gasteiger partial charge in [-0.3, -0.25) is 9.59 Å². The van der Waals surface area contributed by atoms with Crippen LogP contribution in [0.25, 0.3) is 0 Å². The van der Waals surface area contributed by atoms with Gasteiger partial charge >= 0.3 is 11.9 Å². The van der Waals surface area contributed by atoms with Crippen molar-refractivity contribution in [1.29, 1.82) is 0 Å². The Morgan fingerprint density at radius 1 is 1.53 bits per heavy atom. The molecule has 1 saturated carbocycles. The van der Waals surface area contributed by atoms with Gasteiger partial charge in [0.25, 0.3) is 0 Å². The topological polar surface area (TPSA) is 63.6 Å². The highest BCUT2D eigenvalue weighted by atomic mass is 16.5. The van der Waals surface area contributed by atoms with Crippen molar-refractivity contribution < 1.29 is 19.4 Å². The number of rotatable bonds is 3. The Balaban J connectivity index is 2.72.